The minimum absolute atomic E-state index is 0.493. The molecule has 1 aromatic heterocycles. The standard InChI is InChI=1S/C16H21BrN4/c1-10(2)9-13-14(17)15(18)20-16(19-13)11-5-7-12(8-6-11)21(3)4/h5-8,10H,9H2,1-4H3,(H2,18,19,20). The fourth-order valence-corrected chi connectivity index (χ4v) is 2.41. The second-order valence-corrected chi connectivity index (χ2v) is 6.53. The zero-order chi connectivity index (χ0) is 15.6. The number of anilines is 2. The van der Waals surface area contributed by atoms with Gasteiger partial charge in [-0.15, -0.1) is 0 Å². The Morgan fingerprint density at radius 2 is 1.76 bits per heavy atom. The van der Waals surface area contributed by atoms with Gasteiger partial charge in [0.2, 0.25) is 0 Å². The molecule has 0 aliphatic carbocycles. The van der Waals surface area contributed by atoms with E-state index in [2.05, 4.69) is 56.8 Å². The van der Waals surface area contributed by atoms with Gasteiger partial charge in [0, 0.05) is 25.3 Å². The number of benzene rings is 1. The summed E-state index contributed by atoms with van der Waals surface area (Å²) in [5.74, 6) is 1.68. The van der Waals surface area contributed by atoms with E-state index in [9.17, 15) is 0 Å². The van der Waals surface area contributed by atoms with E-state index in [0.29, 0.717) is 17.6 Å². The summed E-state index contributed by atoms with van der Waals surface area (Å²) >= 11 is 3.49. The Labute approximate surface area is 134 Å². The molecule has 2 rings (SSSR count). The van der Waals surface area contributed by atoms with Gasteiger partial charge >= 0.3 is 0 Å². The predicted octanol–water partition coefficient (Wildman–Crippen LogP) is 3.75. The lowest BCUT2D eigenvalue weighted by atomic mass is 10.1. The summed E-state index contributed by atoms with van der Waals surface area (Å²) in [7, 11) is 4.04. The molecule has 2 N–H and O–H groups in total. The molecule has 0 fully saturated rings. The fraction of sp³-hybridized carbons (Fsp3) is 0.375. The molecule has 4 nitrogen and oxygen atoms in total. The van der Waals surface area contributed by atoms with E-state index in [1.807, 2.05) is 26.2 Å². The SMILES string of the molecule is CC(C)Cc1nc(-c2ccc(N(C)C)cc2)nc(N)c1Br. The molecule has 2 aromatic rings. The van der Waals surface area contributed by atoms with E-state index in [4.69, 9.17) is 5.73 Å². The van der Waals surface area contributed by atoms with Crippen molar-refractivity contribution in [3.05, 3.63) is 34.4 Å². The van der Waals surface area contributed by atoms with Gasteiger partial charge in [0.1, 0.15) is 5.82 Å². The minimum atomic E-state index is 0.493. The lowest BCUT2D eigenvalue weighted by molar-refractivity contribution is 0.633. The highest BCUT2D eigenvalue weighted by molar-refractivity contribution is 9.10. The molecular formula is C16H21BrN4. The van der Waals surface area contributed by atoms with Crippen molar-refractivity contribution < 1.29 is 0 Å². The van der Waals surface area contributed by atoms with E-state index in [0.717, 1.165) is 27.8 Å². The highest BCUT2D eigenvalue weighted by atomic mass is 79.9. The van der Waals surface area contributed by atoms with E-state index in [-0.39, 0.29) is 0 Å². The number of nitrogen functional groups attached to an aromatic ring is 1. The summed E-state index contributed by atoms with van der Waals surface area (Å²) in [6.07, 6.45) is 0.871. The normalized spacial score (nSPS) is 11.0. The van der Waals surface area contributed by atoms with Gasteiger partial charge in [-0.25, -0.2) is 9.97 Å². The summed E-state index contributed by atoms with van der Waals surface area (Å²) in [4.78, 5) is 11.1. The lowest BCUT2D eigenvalue weighted by Crippen LogP contribution is -2.08. The third-order valence-electron chi connectivity index (χ3n) is 3.19. The summed E-state index contributed by atoms with van der Waals surface area (Å²) in [6.45, 7) is 4.33. The molecule has 0 atom stereocenters. The second-order valence-electron chi connectivity index (χ2n) is 5.73. The second kappa shape index (κ2) is 6.43. The van der Waals surface area contributed by atoms with Gasteiger partial charge < -0.3 is 10.6 Å². The Morgan fingerprint density at radius 3 is 2.29 bits per heavy atom. The van der Waals surface area contributed by atoms with Crippen molar-refractivity contribution in [2.24, 2.45) is 5.92 Å². The Morgan fingerprint density at radius 1 is 1.14 bits per heavy atom. The maximum atomic E-state index is 6.01. The van der Waals surface area contributed by atoms with Gasteiger partial charge in [0.05, 0.1) is 10.2 Å². The first-order valence-corrected chi connectivity index (χ1v) is 7.77. The van der Waals surface area contributed by atoms with Crippen molar-refractivity contribution in [2.45, 2.75) is 20.3 Å². The molecule has 0 radical (unpaired) electrons. The van der Waals surface area contributed by atoms with Crippen molar-refractivity contribution in [3.8, 4) is 11.4 Å². The summed E-state index contributed by atoms with van der Waals surface area (Å²) < 4.78 is 0.810. The zero-order valence-electron chi connectivity index (χ0n) is 12.9. The fourth-order valence-electron chi connectivity index (χ4n) is 2.07. The molecule has 0 amide bonds. The van der Waals surface area contributed by atoms with Crippen LogP contribution in [0.4, 0.5) is 11.5 Å². The molecular weight excluding hydrogens is 328 g/mol. The van der Waals surface area contributed by atoms with Crippen LogP contribution >= 0.6 is 15.9 Å². The molecule has 0 saturated carbocycles. The van der Waals surface area contributed by atoms with Gasteiger partial charge in [-0.05, 0) is 52.5 Å². The summed E-state index contributed by atoms with van der Waals surface area (Å²) in [6, 6.07) is 8.16. The van der Waals surface area contributed by atoms with Crippen LogP contribution in [0.1, 0.15) is 19.5 Å². The van der Waals surface area contributed by atoms with Gasteiger partial charge in [0.15, 0.2) is 5.82 Å². The number of rotatable bonds is 4. The Hall–Kier alpha value is -1.62. The molecule has 5 heteroatoms. The van der Waals surface area contributed by atoms with Crippen molar-refractivity contribution >= 4 is 27.4 Å². The van der Waals surface area contributed by atoms with Gasteiger partial charge in [-0.1, -0.05) is 13.8 Å². The van der Waals surface area contributed by atoms with Crippen LogP contribution in [-0.4, -0.2) is 24.1 Å². The van der Waals surface area contributed by atoms with Crippen LogP contribution in [0.2, 0.25) is 0 Å². The highest BCUT2D eigenvalue weighted by Crippen LogP contribution is 2.27. The molecule has 21 heavy (non-hydrogen) atoms. The van der Waals surface area contributed by atoms with Crippen LogP contribution in [0, 0.1) is 5.92 Å². The van der Waals surface area contributed by atoms with Crippen molar-refractivity contribution in [1.82, 2.24) is 9.97 Å². The third-order valence-corrected chi connectivity index (χ3v) is 4.05. The molecule has 1 aromatic carbocycles. The van der Waals surface area contributed by atoms with Gasteiger partial charge in [-0.3, -0.25) is 0 Å². The molecule has 1 heterocycles. The molecule has 0 bridgehead atoms. The quantitative estimate of drug-likeness (QED) is 0.913. The number of nitrogens with two attached hydrogens (primary N) is 1. The Bertz CT molecular complexity index is 621. The summed E-state index contributed by atoms with van der Waals surface area (Å²) in [5.41, 5.74) is 9.09. The lowest BCUT2D eigenvalue weighted by Gasteiger charge is -2.13. The number of halogens is 1. The largest absolute Gasteiger partial charge is 0.383 e. The van der Waals surface area contributed by atoms with Crippen LogP contribution < -0.4 is 10.6 Å². The maximum absolute atomic E-state index is 6.01. The average Bonchev–Trinajstić information content (AvgIpc) is 2.43. The van der Waals surface area contributed by atoms with Crippen LogP contribution in [0.3, 0.4) is 0 Å². The maximum Gasteiger partial charge on any atom is 0.161 e. The molecule has 0 spiro atoms. The first-order valence-electron chi connectivity index (χ1n) is 6.98. The first-order chi connectivity index (χ1) is 9.88. The molecule has 0 aliphatic heterocycles. The minimum Gasteiger partial charge on any atom is -0.383 e. The monoisotopic (exact) mass is 348 g/mol. The Kier molecular flexibility index (Phi) is 4.83. The number of hydrogen-bond acceptors (Lipinski definition) is 4. The van der Waals surface area contributed by atoms with Crippen LogP contribution in [-0.2, 0) is 6.42 Å². The smallest absolute Gasteiger partial charge is 0.161 e. The van der Waals surface area contributed by atoms with E-state index < -0.39 is 0 Å². The number of aromatic nitrogens is 2. The first kappa shape index (κ1) is 15.8. The van der Waals surface area contributed by atoms with E-state index >= 15 is 0 Å². The van der Waals surface area contributed by atoms with E-state index in [1.54, 1.807) is 0 Å². The van der Waals surface area contributed by atoms with Crippen LogP contribution in [0.5, 0.6) is 0 Å². The third kappa shape index (κ3) is 3.73. The van der Waals surface area contributed by atoms with Crippen molar-refractivity contribution in [3.63, 3.8) is 0 Å². The van der Waals surface area contributed by atoms with Crippen LogP contribution in [0.15, 0.2) is 28.7 Å². The number of hydrogen-bond donors (Lipinski definition) is 1. The van der Waals surface area contributed by atoms with Gasteiger partial charge in [-0.2, -0.15) is 0 Å². The van der Waals surface area contributed by atoms with Crippen LogP contribution in [0.25, 0.3) is 11.4 Å². The predicted molar refractivity (Wildman–Crippen MR) is 92.4 cm³/mol. The molecule has 112 valence electrons. The van der Waals surface area contributed by atoms with E-state index in [1.165, 1.54) is 0 Å². The van der Waals surface area contributed by atoms with Crippen molar-refractivity contribution in [2.75, 3.05) is 24.7 Å². The molecule has 0 saturated heterocycles. The zero-order valence-corrected chi connectivity index (χ0v) is 14.5. The Balaban J connectivity index is 2.41. The average molecular weight is 349 g/mol. The molecule has 0 aliphatic rings. The van der Waals surface area contributed by atoms with Crippen molar-refractivity contribution in [1.29, 1.82) is 0 Å². The summed E-state index contributed by atoms with van der Waals surface area (Å²) in [5, 5.41) is 0. The molecule has 0 unspecified atom stereocenters. The highest BCUT2D eigenvalue weighted by Gasteiger charge is 2.13. The van der Waals surface area contributed by atoms with Gasteiger partial charge in [0.25, 0.3) is 0 Å². The topological polar surface area (TPSA) is 55.0 Å². The number of nitrogens with zero attached hydrogens (tertiary/aromatic N) is 3.